The van der Waals surface area contributed by atoms with E-state index in [-0.39, 0.29) is 17.8 Å². The van der Waals surface area contributed by atoms with E-state index in [1.165, 1.54) is 24.6 Å². The van der Waals surface area contributed by atoms with Gasteiger partial charge in [-0.2, -0.15) is 0 Å². The van der Waals surface area contributed by atoms with Crippen molar-refractivity contribution in [2.75, 3.05) is 0 Å². The van der Waals surface area contributed by atoms with E-state index in [0.29, 0.717) is 5.76 Å². The highest BCUT2D eigenvalue weighted by Crippen LogP contribution is 2.06. The van der Waals surface area contributed by atoms with Crippen molar-refractivity contribution >= 4 is 11.9 Å². The smallest absolute Gasteiger partial charge is 0.338 e. The van der Waals surface area contributed by atoms with Crippen molar-refractivity contribution in [3.63, 3.8) is 0 Å². The van der Waals surface area contributed by atoms with Crippen molar-refractivity contribution in [1.29, 1.82) is 0 Å². The summed E-state index contributed by atoms with van der Waals surface area (Å²) >= 11 is 0. The number of nitrogens with one attached hydrogen (secondary N) is 1. The van der Waals surface area contributed by atoms with E-state index in [1.807, 2.05) is 0 Å². The SMILES string of the molecule is O=C(O)c1cccnc1C(=O)NCc1ccco1. The predicted octanol–water partition coefficient (Wildman–Crippen LogP) is 1.30. The third-order valence-electron chi connectivity index (χ3n) is 2.26. The van der Waals surface area contributed by atoms with Crippen LogP contribution in [0.1, 0.15) is 26.6 Å². The number of carbonyl (C=O) groups is 2. The fourth-order valence-electron chi connectivity index (χ4n) is 1.42. The molecule has 0 aliphatic rings. The molecule has 2 N–H and O–H groups in total. The van der Waals surface area contributed by atoms with E-state index in [9.17, 15) is 9.59 Å². The van der Waals surface area contributed by atoms with Crippen LogP contribution in [0.25, 0.3) is 0 Å². The molecule has 0 spiro atoms. The number of amides is 1. The number of nitrogens with zero attached hydrogens (tertiary/aromatic N) is 1. The average Bonchev–Trinajstić information content (AvgIpc) is 2.89. The van der Waals surface area contributed by atoms with E-state index in [2.05, 4.69) is 10.3 Å². The van der Waals surface area contributed by atoms with Crippen LogP contribution in [0.5, 0.6) is 0 Å². The highest BCUT2D eigenvalue weighted by Gasteiger charge is 2.17. The monoisotopic (exact) mass is 246 g/mol. The van der Waals surface area contributed by atoms with Crippen LogP contribution in [0.3, 0.4) is 0 Å². The number of pyridine rings is 1. The molecule has 0 atom stereocenters. The first-order valence-corrected chi connectivity index (χ1v) is 5.17. The molecule has 0 unspecified atom stereocenters. The van der Waals surface area contributed by atoms with Gasteiger partial charge < -0.3 is 14.8 Å². The van der Waals surface area contributed by atoms with Crippen LogP contribution in [-0.4, -0.2) is 22.0 Å². The molecule has 6 nitrogen and oxygen atoms in total. The van der Waals surface area contributed by atoms with Crippen LogP contribution >= 0.6 is 0 Å². The number of hydrogen-bond acceptors (Lipinski definition) is 4. The summed E-state index contributed by atoms with van der Waals surface area (Å²) in [6, 6.07) is 6.20. The lowest BCUT2D eigenvalue weighted by Gasteiger charge is -2.05. The maximum atomic E-state index is 11.8. The largest absolute Gasteiger partial charge is 0.478 e. The number of aromatic nitrogens is 1. The Morgan fingerprint density at radius 1 is 1.33 bits per heavy atom. The highest BCUT2D eigenvalue weighted by molar-refractivity contribution is 6.03. The Morgan fingerprint density at radius 3 is 2.83 bits per heavy atom. The second kappa shape index (κ2) is 5.13. The quantitative estimate of drug-likeness (QED) is 0.848. The summed E-state index contributed by atoms with van der Waals surface area (Å²) in [6.45, 7) is 0.182. The number of carbonyl (C=O) groups excluding carboxylic acids is 1. The van der Waals surface area contributed by atoms with Crippen LogP contribution in [0.15, 0.2) is 41.1 Å². The topological polar surface area (TPSA) is 92.4 Å². The van der Waals surface area contributed by atoms with Gasteiger partial charge in [-0.15, -0.1) is 0 Å². The minimum atomic E-state index is -1.19. The number of rotatable bonds is 4. The van der Waals surface area contributed by atoms with Crippen LogP contribution in [0.4, 0.5) is 0 Å². The molecular formula is C12H10N2O4. The Morgan fingerprint density at radius 2 is 2.17 bits per heavy atom. The summed E-state index contributed by atoms with van der Waals surface area (Å²) < 4.78 is 5.05. The van der Waals surface area contributed by atoms with Gasteiger partial charge in [0.05, 0.1) is 18.4 Å². The van der Waals surface area contributed by atoms with Crippen molar-refractivity contribution in [3.05, 3.63) is 53.7 Å². The molecule has 2 aromatic heterocycles. The lowest BCUT2D eigenvalue weighted by atomic mass is 10.2. The number of furan rings is 1. The number of aromatic carboxylic acids is 1. The Kier molecular flexibility index (Phi) is 3.38. The fourth-order valence-corrected chi connectivity index (χ4v) is 1.42. The Labute approximate surface area is 102 Å². The third-order valence-corrected chi connectivity index (χ3v) is 2.26. The van der Waals surface area contributed by atoms with Gasteiger partial charge in [0, 0.05) is 6.20 Å². The minimum Gasteiger partial charge on any atom is -0.478 e. The molecule has 2 heterocycles. The molecule has 0 aliphatic carbocycles. The summed E-state index contributed by atoms with van der Waals surface area (Å²) in [5.74, 6) is -1.16. The number of carboxylic acid groups (broad SMARTS) is 1. The lowest BCUT2D eigenvalue weighted by Crippen LogP contribution is -2.25. The van der Waals surface area contributed by atoms with E-state index in [0.717, 1.165) is 0 Å². The summed E-state index contributed by atoms with van der Waals surface area (Å²) in [4.78, 5) is 26.5. The van der Waals surface area contributed by atoms with Gasteiger partial charge in [0.1, 0.15) is 11.5 Å². The molecule has 0 aliphatic heterocycles. The van der Waals surface area contributed by atoms with Crippen molar-refractivity contribution in [3.8, 4) is 0 Å². The van der Waals surface area contributed by atoms with E-state index >= 15 is 0 Å². The standard InChI is InChI=1S/C12H10N2O4/c15-11(14-7-8-3-2-6-18-8)10-9(12(16)17)4-1-5-13-10/h1-6H,7H2,(H,14,15)(H,16,17). The van der Waals surface area contributed by atoms with Gasteiger partial charge in [0.15, 0.2) is 0 Å². The molecule has 6 heteroatoms. The number of carboxylic acids is 1. The first kappa shape index (κ1) is 11.8. The molecule has 92 valence electrons. The Balaban J connectivity index is 2.11. The fraction of sp³-hybridized carbons (Fsp3) is 0.0833. The van der Waals surface area contributed by atoms with Crippen LogP contribution in [0.2, 0.25) is 0 Å². The molecule has 0 aromatic carbocycles. The first-order valence-electron chi connectivity index (χ1n) is 5.17. The normalized spacial score (nSPS) is 10.0. The van der Waals surface area contributed by atoms with Gasteiger partial charge in [0.25, 0.3) is 5.91 Å². The molecular weight excluding hydrogens is 236 g/mol. The van der Waals surface area contributed by atoms with Gasteiger partial charge in [-0.05, 0) is 24.3 Å². The van der Waals surface area contributed by atoms with Crippen molar-refractivity contribution in [1.82, 2.24) is 10.3 Å². The van der Waals surface area contributed by atoms with Crippen LogP contribution in [-0.2, 0) is 6.54 Å². The highest BCUT2D eigenvalue weighted by atomic mass is 16.4. The van der Waals surface area contributed by atoms with E-state index < -0.39 is 11.9 Å². The van der Waals surface area contributed by atoms with Crippen LogP contribution in [0, 0.1) is 0 Å². The third kappa shape index (κ3) is 2.54. The van der Waals surface area contributed by atoms with E-state index in [1.54, 1.807) is 12.1 Å². The Bertz CT molecular complexity index is 563. The van der Waals surface area contributed by atoms with E-state index in [4.69, 9.17) is 9.52 Å². The maximum Gasteiger partial charge on any atom is 0.338 e. The molecule has 0 radical (unpaired) electrons. The van der Waals surface area contributed by atoms with Crippen molar-refractivity contribution in [2.45, 2.75) is 6.54 Å². The molecule has 0 saturated carbocycles. The summed E-state index contributed by atoms with van der Waals surface area (Å²) in [5, 5.41) is 11.5. The predicted molar refractivity (Wildman–Crippen MR) is 61.1 cm³/mol. The summed E-state index contributed by atoms with van der Waals surface area (Å²) in [7, 11) is 0. The molecule has 18 heavy (non-hydrogen) atoms. The van der Waals surface area contributed by atoms with Crippen LogP contribution < -0.4 is 5.32 Å². The molecule has 2 aromatic rings. The van der Waals surface area contributed by atoms with Gasteiger partial charge in [-0.25, -0.2) is 4.79 Å². The van der Waals surface area contributed by atoms with Gasteiger partial charge in [-0.1, -0.05) is 0 Å². The second-order valence-corrected chi connectivity index (χ2v) is 3.47. The molecule has 1 amide bonds. The van der Waals surface area contributed by atoms with Gasteiger partial charge >= 0.3 is 5.97 Å². The zero-order valence-electron chi connectivity index (χ0n) is 9.29. The van der Waals surface area contributed by atoms with Crippen molar-refractivity contribution < 1.29 is 19.1 Å². The summed E-state index contributed by atoms with van der Waals surface area (Å²) in [5.41, 5.74) is -0.244. The van der Waals surface area contributed by atoms with Crippen molar-refractivity contribution in [2.24, 2.45) is 0 Å². The minimum absolute atomic E-state index is 0.114. The maximum absolute atomic E-state index is 11.8. The lowest BCUT2D eigenvalue weighted by molar-refractivity contribution is 0.0690. The number of hydrogen-bond donors (Lipinski definition) is 2. The van der Waals surface area contributed by atoms with Gasteiger partial charge in [0.2, 0.25) is 0 Å². The molecule has 2 rings (SSSR count). The van der Waals surface area contributed by atoms with Gasteiger partial charge in [-0.3, -0.25) is 9.78 Å². The Hall–Kier alpha value is -2.63. The zero-order chi connectivity index (χ0) is 13.0. The molecule has 0 saturated heterocycles. The summed E-state index contributed by atoms with van der Waals surface area (Å²) in [6.07, 6.45) is 2.86. The molecule has 0 bridgehead atoms. The molecule has 0 fully saturated rings. The zero-order valence-corrected chi connectivity index (χ0v) is 9.29. The first-order chi connectivity index (χ1) is 8.68. The second-order valence-electron chi connectivity index (χ2n) is 3.47. The average molecular weight is 246 g/mol.